The van der Waals surface area contributed by atoms with Crippen LogP contribution >= 0.6 is 0 Å². The van der Waals surface area contributed by atoms with Gasteiger partial charge in [-0.1, -0.05) is 64.0 Å². The lowest BCUT2D eigenvalue weighted by Crippen LogP contribution is -2.33. The highest BCUT2D eigenvalue weighted by Crippen LogP contribution is 2.17. The first-order valence-electron chi connectivity index (χ1n) is 11.2. The number of rotatable bonds is 18. The van der Waals surface area contributed by atoms with E-state index in [1.807, 2.05) is 13.8 Å². The SMILES string of the molecule is CCCCCCC/C=C/CCCCCCC(CC(=O)N(CC)CC)C(=O)O. The minimum absolute atomic E-state index is 0.0350. The molecule has 158 valence electrons. The van der Waals surface area contributed by atoms with Crippen LogP contribution in [0, 0.1) is 5.92 Å². The summed E-state index contributed by atoms with van der Waals surface area (Å²) in [6.07, 6.45) is 18.6. The number of allylic oxidation sites excluding steroid dienone is 2. The molecule has 0 aliphatic carbocycles. The molecule has 0 saturated heterocycles. The number of nitrogens with zero attached hydrogens (tertiary/aromatic N) is 1. The number of carbonyl (C=O) groups is 2. The quantitative estimate of drug-likeness (QED) is 0.227. The van der Waals surface area contributed by atoms with Crippen LogP contribution in [-0.2, 0) is 9.59 Å². The highest BCUT2D eigenvalue weighted by Gasteiger charge is 2.22. The number of unbranched alkanes of at least 4 members (excludes halogenated alkanes) is 9. The molecular weight excluding hydrogens is 338 g/mol. The summed E-state index contributed by atoms with van der Waals surface area (Å²) < 4.78 is 0. The van der Waals surface area contributed by atoms with E-state index in [4.69, 9.17) is 0 Å². The second-order valence-electron chi connectivity index (χ2n) is 7.47. The van der Waals surface area contributed by atoms with Gasteiger partial charge in [-0.2, -0.15) is 0 Å². The molecule has 0 heterocycles. The standard InChI is InChI=1S/C23H43NO3/c1-4-7-8-9-10-11-12-13-14-15-16-17-18-19-21(23(26)27)20-22(25)24(5-2)6-3/h12-13,21H,4-11,14-20H2,1-3H3,(H,26,27)/b13-12+. The summed E-state index contributed by atoms with van der Waals surface area (Å²) >= 11 is 0. The van der Waals surface area contributed by atoms with Crippen LogP contribution in [0.25, 0.3) is 0 Å². The summed E-state index contributed by atoms with van der Waals surface area (Å²) in [5, 5.41) is 9.36. The van der Waals surface area contributed by atoms with Crippen LogP contribution in [-0.4, -0.2) is 35.0 Å². The predicted octanol–water partition coefficient (Wildman–Crippen LogP) is 6.20. The maximum atomic E-state index is 12.1. The Balaban J connectivity index is 3.75. The fourth-order valence-electron chi connectivity index (χ4n) is 3.34. The largest absolute Gasteiger partial charge is 0.481 e. The van der Waals surface area contributed by atoms with Gasteiger partial charge < -0.3 is 10.0 Å². The Hall–Kier alpha value is -1.32. The van der Waals surface area contributed by atoms with Gasteiger partial charge in [-0.15, -0.1) is 0 Å². The van der Waals surface area contributed by atoms with Crippen LogP contribution in [0.15, 0.2) is 12.2 Å². The van der Waals surface area contributed by atoms with Gasteiger partial charge >= 0.3 is 5.97 Å². The van der Waals surface area contributed by atoms with Gasteiger partial charge in [-0.3, -0.25) is 9.59 Å². The highest BCUT2D eigenvalue weighted by molar-refractivity contribution is 5.82. The van der Waals surface area contributed by atoms with Crippen LogP contribution in [0.1, 0.15) is 104 Å². The van der Waals surface area contributed by atoms with Gasteiger partial charge in [0.25, 0.3) is 0 Å². The molecule has 0 aromatic rings. The predicted molar refractivity (Wildman–Crippen MR) is 114 cm³/mol. The van der Waals surface area contributed by atoms with Crippen molar-refractivity contribution in [2.45, 2.75) is 104 Å². The van der Waals surface area contributed by atoms with Crippen molar-refractivity contribution < 1.29 is 14.7 Å². The topological polar surface area (TPSA) is 57.6 Å². The van der Waals surface area contributed by atoms with Crippen molar-refractivity contribution in [3.8, 4) is 0 Å². The van der Waals surface area contributed by atoms with E-state index in [1.165, 1.54) is 44.9 Å². The normalized spacial score (nSPS) is 12.4. The molecule has 0 aromatic carbocycles. The summed E-state index contributed by atoms with van der Waals surface area (Å²) in [5.41, 5.74) is 0. The Morgan fingerprint density at radius 1 is 0.815 bits per heavy atom. The van der Waals surface area contributed by atoms with E-state index in [2.05, 4.69) is 19.1 Å². The summed E-state index contributed by atoms with van der Waals surface area (Å²) in [6.45, 7) is 7.39. The smallest absolute Gasteiger partial charge is 0.307 e. The molecule has 1 N–H and O–H groups in total. The van der Waals surface area contributed by atoms with Crippen molar-refractivity contribution >= 4 is 11.9 Å². The van der Waals surface area contributed by atoms with Crippen molar-refractivity contribution in [2.75, 3.05) is 13.1 Å². The maximum absolute atomic E-state index is 12.1. The third-order valence-corrected chi connectivity index (χ3v) is 5.20. The number of hydrogen-bond donors (Lipinski definition) is 1. The molecule has 0 aliphatic heterocycles. The lowest BCUT2D eigenvalue weighted by atomic mass is 9.96. The molecular formula is C23H43NO3. The maximum Gasteiger partial charge on any atom is 0.307 e. The average molecular weight is 382 g/mol. The van der Waals surface area contributed by atoms with Gasteiger partial charge in [-0.05, 0) is 46.0 Å². The van der Waals surface area contributed by atoms with Crippen molar-refractivity contribution in [1.29, 1.82) is 0 Å². The highest BCUT2D eigenvalue weighted by atomic mass is 16.4. The number of aliphatic carboxylic acids is 1. The number of carboxylic acids is 1. The lowest BCUT2D eigenvalue weighted by Gasteiger charge is -2.21. The number of hydrogen-bond acceptors (Lipinski definition) is 2. The monoisotopic (exact) mass is 381 g/mol. The van der Waals surface area contributed by atoms with Crippen molar-refractivity contribution in [3.63, 3.8) is 0 Å². The zero-order valence-corrected chi connectivity index (χ0v) is 18.0. The van der Waals surface area contributed by atoms with E-state index in [-0.39, 0.29) is 12.3 Å². The molecule has 27 heavy (non-hydrogen) atoms. The summed E-state index contributed by atoms with van der Waals surface area (Å²) in [4.78, 5) is 25.2. The first-order chi connectivity index (χ1) is 13.1. The molecule has 0 fully saturated rings. The second kappa shape index (κ2) is 18.1. The number of carbonyl (C=O) groups excluding carboxylic acids is 1. The first kappa shape index (κ1) is 25.7. The fraction of sp³-hybridized carbons (Fsp3) is 0.826. The van der Waals surface area contributed by atoms with E-state index in [1.54, 1.807) is 4.90 Å². The Bertz CT molecular complexity index is 402. The number of amides is 1. The average Bonchev–Trinajstić information content (AvgIpc) is 2.65. The minimum atomic E-state index is -0.836. The molecule has 1 atom stereocenters. The van der Waals surface area contributed by atoms with Crippen molar-refractivity contribution in [1.82, 2.24) is 4.90 Å². The lowest BCUT2D eigenvalue weighted by molar-refractivity contribution is -0.146. The third-order valence-electron chi connectivity index (χ3n) is 5.20. The van der Waals surface area contributed by atoms with E-state index < -0.39 is 11.9 Å². The van der Waals surface area contributed by atoms with E-state index in [0.717, 1.165) is 25.7 Å². The summed E-state index contributed by atoms with van der Waals surface area (Å²) in [7, 11) is 0. The van der Waals surface area contributed by atoms with Gasteiger partial charge in [0.05, 0.1) is 5.92 Å². The van der Waals surface area contributed by atoms with E-state index in [0.29, 0.717) is 19.5 Å². The van der Waals surface area contributed by atoms with Gasteiger partial charge in [-0.25, -0.2) is 0 Å². The number of carboxylic acid groups (broad SMARTS) is 1. The molecule has 1 amide bonds. The van der Waals surface area contributed by atoms with Gasteiger partial charge in [0.2, 0.25) is 5.91 Å². The van der Waals surface area contributed by atoms with Gasteiger partial charge in [0.1, 0.15) is 0 Å². The molecule has 0 rings (SSSR count). The second-order valence-corrected chi connectivity index (χ2v) is 7.47. The first-order valence-corrected chi connectivity index (χ1v) is 11.2. The summed E-state index contributed by atoms with van der Waals surface area (Å²) in [6, 6.07) is 0. The Labute approximate surface area is 167 Å². The molecule has 0 spiro atoms. The van der Waals surface area contributed by atoms with Crippen molar-refractivity contribution in [3.05, 3.63) is 12.2 Å². The van der Waals surface area contributed by atoms with Crippen LogP contribution in [0.2, 0.25) is 0 Å². The Morgan fingerprint density at radius 3 is 1.81 bits per heavy atom. The molecule has 4 heteroatoms. The Morgan fingerprint density at radius 2 is 1.33 bits per heavy atom. The van der Waals surface area contributed by atoms with Gasteiger partial charge in [0.15, 0.2) is 0 Å². The summed E-state index contributed by atoms with van der Waals surface area (Å²) in [5.74, 6) is -1.41. The molecule has 0 aliphatic rings. The zero-order chi connectivity index (χ0) is 20.3. The van der Waals surface area contributed by atoms with Crippen molar-refractivity contribution in [2.24, 2.45) is 5.92 Å². The van der Waals surface area contributed by atoms with Crippen LogP contribution in [0.3, 0.4) is 0 Å². The molecule has 1 unspecified atom stereocenters. The molecule has 4 nitrogen and oxygen atoms in total. The van der Waals surface area contributed by atoms with E-state index >= 15 is 0 Å². The third kappa shape index (κ3) is 14.4. The molecule has 0 radical (unpaired) electrons. The zero-order valence-electron chi connectivity index (χ0n) is 18.0. The van der Waals surface area contributed by atoms with E-state index in [9.17, 15) is 14.7 Å². The molecule has 0 bridgehead atoms. The molecule has 0 aromatic heterocycles. The fourth-order valence-corrected chi connectivity index (χ4v) is 3.34. The minimum Gasteiger partial charge on any atom is -0.481 e. The van der Waals surface area contributed by atoms with Crippen LogP contribution in [0.4, 0.5) is 0 Å². The van der Waals surface area contributed by atoms with Crippen LogP contribution < -0.4 is 0 Å². The molecule has 0 saturated carbocycles. The van der Waals surface area contributed by atoms with Crippen LogP contribution in [0.5, 0.6) is 0 Å². The van der Waals surface area contributed by atoms with Gasteiger partial charge in [0, 0.05) is 19.5 Å². The Kier molecular flexibility index (Phi) is 17.2.